The van der Waals surface area contributed by atoms with Crippen molar-refractivity contribution in [2.75, 3.05) is 0 Å². The smallest absolute Gasteiger partial charge is 0.305 e. The molecule has 0 unspecified atom stereocenters. The molecule has 0 saturated carbocycles. The highest BCUT2D eigenvalue weighted by molar-refractivity contribution is 7.98. The molecule has 5 rings (SSSR count). The summed E-state index contributed by atoms with van der Waals surface area (Å²) < 4.78 is 40.7. The van der Waals surface area contributed by atoms with Crippen LogP contribution in [0.5, 0.6) is 0 Å². The summed E-state index contributed by atoms with van der Waals surface area (Å²) in [5.74, 6) is 1.39. The van der Waals surface area contributed by atoms with Gasteiger partial charge >= 0.3 is 6.18 Å². The van der Waals surface area contributed by atoms with E-state index in [9.17, 15) is 13.2 Å². The molecule has 8 heteroatoms. The van der Waals surface area contributed by atoms with Gasteiger partial charge in [-0.3, -0.25) is 0 Å². The van der Waals surface area contributed by atoms with Crippen LogP contribution in [0.4, 0.5) is 13.2 Å². The summed E-state index contributed by atoms with van der Waals surface area (Å²) in [7, 11) is 0. The largest absolute Gasteiger partial charge is 0.416 e. The molecule has 0 bridgehead atoms. The molecule has 0 aliphatic heterocycles. The van der Waals surface area contributed by atoms with Crippen LogP contribution in [-0.2, 0) is 18.5 Å². The normalized spacial score (nSPS) is 12.0. The summed E-state index contributed by atoms with van der Waals surface area (Å²) in [5.41, 5.74) is 3.63. The maximum Gasteiger partial charge on any atom is 0.416 e. The van der Waals surface area contributed by atoms with E-state index in [0.717, 1.165) is 28.5 Å². The molecule has 2 heterocycles. The molecule has 4 nitrogen and oxygen atoms in total. The number of aromatic nitrogens is 4. The molecule has 0 amide bonds. The molecule has 36 heavy (non-hydrogen) atoms. The Labute approximate surface area is 210 Å². The third-order valence-electron chi connectivity index (χ3n) is 5.59. The van der Waals surface area contributed by atoms with Crippen LogP contribution >= 0.6 is 11.8 Å². The zero-order valence-corrected chi connectivity index (χ0v) is 19.9. The highest BCUT2D eigenvalue weighted by Gasteiger charge is 2.29. The van der Waals surface area contributed by atoms with Gasteiger partial charge in [-0.1, -0.05) is 90.6 Å². The van der Waals surface area contributed by atoms with Crippen molar-refractivity contribution in [3.05, 3.63) is 119 Å². The van der Waals surface area contributed by atoms with Gasteiger partial charge in [0, 0.05) is 5.75 Å². The first-order valence-electron chi connectivity index (χ1n) is 11.2. The van der Waals surface area contributed by atoms with Gasteiger partial charge in [0.1, 0.15) is 22.7 Å². The van der Waals surface area contributed by atoms with E-state index in [-0.39, 0.29) is 0 Å². The lowest BCUT2D eigenvalue weighted by atomic mass is 10.1. The average Bonchev–Trinajstić information content (AvgIpc) is 3.25. The average molecular weight is 503 g/mol. The van der Waals surface area contributed by atoms with Gasteiger partial charge in [-0.15, -0.1) is 0 Å². The van der Waals surface area contributed by atoms with E-state index in [2.05, 4.69) is 22.1 Å². The third-order valence-corrected chi connectivity index (χ3v) is 6.64. The second kappa shape index (κ2) is 10.4. The first-order valence-corrected chi connectivity index (χ1v) is 12.2. The van der Waals surface area contributed by atoms with E-state index in [1.54, 1.807) is 30.2 Å². The molecule has 0 spiro atoms. The van der Waals surface area contributed by atoms with Crippen LogP contribution in [0.2, 0.25) is 0 Å². The number of alkyl halides is 3. The fourth-order valence-electron chi connectivity index (χ4n) is 3.77. The van der Waals surface area contributed by atoms with Gasteiger partial charge in [-0.05, 0) is 34.9 Å². The zero-order chi connectivity index (χ0) is 25.0. The standard InChI is InChI=1S/C28H21F3N4S/c29-28(30,31)23-14-11-20(12-15-23)13-16-24-34-25-26(35(24)17-21-7-3-1-4-8-21)32-19-33-27(25)36-18-22-9-5-2-6-10-22/h1-16,19H,17-18H2/b16-13+. The number of imidazole rings is 1. The van der Waals surface area contributed by atoms with Crippen molar-refractivity contribution >= 4 is 35.1 Å². The number of fused-ring (bicyclic) bond motifs is 1. The molecule has 3 aromatic carbocycles. The van der Waals surface area contributed by atoms with Crippen LogP contribution in [-0.4, -0.2) is 19.5 Å². The topological polar surface area (TPSA) is 43.6 Å². The number of thioether (sulfide) groups is 1. The number of hydrogen-bond acceptors (Lipinski definition) is 4. The fourth-order valence-corrected chi connectivity index (χ4v) is 4.66. The van der Waals surface area contributed by atoms with Gasteiger partial charge in [-0.25, -0.2) is 15.0 Å². The van der Waals surface area contributed by atoms with Gasteiger partial charge in [0.15, 0.2) is 5.65 Å². The monoisotopic (exact) mass is 502 g/mol. The Morgan fingerprint density at radius 3 is 2.11 bits per heavy atom. The van der Waals surface area contributed by atoms with E-state index < -0.39 is 11.7 Å². The lowest BCUT2D eigenvalue weighted by Crippen LogP contribution is -2.04. The maximum absolute atomic E-state index is 12.9. The molecule has 2 aromatic heterocycles. The van der Waals surface area contributed by atoms with Crippen molar-refractivity contribution < 1.29 is 13.2 Å². The van der Waals surface area contributed by atoms with Crippen molar-refractivity contribution in [1.29, 1.82) is 0 Å². The van der Waals surface area contributed by atoms with Crippen LogP contribution < -0.4 is 0 Å². The molecule has 0 radical (unpaired) electrons. The molecule has 5 aromatic rings. The number of rotatable bonds is 7. The van der Waals surface area contributed by atoms with Crippen LogP contribution in [0.15, 0.2) is 96.3 Å². The minimum atomic E-state index is -4.36. The number of nitrogens with zero attached hydrogens (tertiary/aromatic N) is 4. The number of hydrogen-bond donors (Lipinski definition) is 0. The van der Waals surface area contributed by atoms with E-state index in [1.807, 2.05) is 53.1 Å². The number of halogens is 3. The first-order chi connectivity index (χ1) is 17.5. The maximum atomic E-state index is 12.9. The van der Waals surface area contributed by atoms with Crippen molar-refractivity contribution in [1.82, 2.24) is 19.5 Å². The van der Waals surface area contributed by atoms with E-state index in [0.29, 0.717) is 29.1 Å². The molecule has 0 fully saturated rings. The lowest BCUT2D eigenvalue weighted by Gasteiger charge is -2.07. The Morgan fingerprint density at radius 1 is 0.778 bits per heavy atom. The SMILES string of the molecule is FC(F)(F)c1ccc(/C=C/c2nc3c(SCc4ccccc4)ncnc3n2Cc2ccccc2)cc1. The molecule has 180 valence electrons. The van der Waals surface area contributed by atoms with E-state index >= 15 is 0 Å². The van der Waals surface area contributed by atoms with Crippen molar-refractivity contribution in [2.24, 2.45) is 0 Å². The molecule has 0 aliphatic rings. The van der Waals surface area contributed by atoms with Gasteiger partial charge < -0.3 is 4.57 Å². The Hall–Kier alpha value is -3.91. The highest BCUT2D eigenvalue weighted by atomic mass is 32.2. The summed E-state index contributed by atoms with van der Waals surface area (Å²) in [6, 6.07) is 25.2. The predicted molar refractivity (Wildman–Crippen MR) is 137 cm³/mol. The van der Waals surface area contributed by atoms with Crippen LogP contribution in [0.1, 0.15) is 28.1 Å². The van der Waals surface area contributed by atoms with Crippen LogP contribution in [0.25, 0.3) is 23.3 Å². The van der Waals surface area contributed by atoms with Crippen LogP contribution in [0.3, 0.4) is 0 Å². The predicted octanol–water partition coefficient (Wildman–Crippen LogP) is 7.36. The summed E-state index contributed by atoms with van der Waals surface area (Å²) in [6.45, 7) is 0.545. The second-order valence-corrected chi connectivity index (χ2v) is 9.08. The van der Waals surface area contributed by atoms with Gasteiger partial charge in [0.25, 0.3) is 0 Å². The van der Waals surface area contributed by atoms with Crippen molar-refractivity contribution in [3.63, 3.8) is 0 Å². The third kappa shape index (κ3) is 5.49. The number of benzene rings is 3. The quantitative estimate of drug-likeness (QED) is 0.172. The molecule has 0 saturated heterocycles. The molecular weight excluding hydrogens is 481 g/mol. The molecule has 0 atom stereocenters. The zero-order valence-electron chi connectivity index (χ0n) is 19.1. The van der Waals surface area contributed by atoms with Crippen molar-refractivity contribution in [2.45, 2.75) is 23.5 Å². The Balaban J connectivity index is 1.50. The van der Waals surface area contributed by atoms with E-state index in [1.165, 1.54) is 17.7 Å². The van der Waals surface area contributed by atoms with E-state index in [4.69, 9.17) is 4.98 Å². The molecular formula is C28H21F3N4S. The Morgan fingerprint density at radius 2 is 1.44 bits per heavy atom. The van der Waals surface area contributed by atoms with Gasteiger partial charge in [0.2, 0.25) is 0 Å². The summed E-state index contributed by atoms with van der Waals surface area (Å²) in [6.07, 6.45) is 0.743. The summed E-state index contributed by atoms with van der Waals surface area (Å²) in [5, 5.41) is 0.778. The lowest BCUT2D eigenvalue weighted by molar-refractivity contribution is -0.137. The highest BCUT2D eigenvalue weighted by Crippen LogP contribution is 2.30. The summed E-state index contributed by atoms with van der Waals surface area (Å²) in [4.78, 5) is 13.8. The first kappa shape index (κ1) is 23.8. The minimum Gasteiger partial charge on any atom is -0.305 e. The van der Waals surface area contributed by atoms with Gasteiger partial charge in [-0.2, -0.15) is 13.2 Å². The Kier molecular flexibility index (Phi) is 6.86. The Bertz CT molecular complexity index is 1480. The van der Waals surface area contributed by atoms with Crippen LogP contribution in [0, 0.1) is 0 Å². The van der Waals surface area contributed by atoms with Gasteiger partial charge in [0.05, 0.1) is 12.1 Å². The second-order valence-electron chi connectivity index (χ2n) is 8.12. The van der Waals surface area contributed by atoms with Crippen molar-refractivity contribution in [3.8, 4) is 0 Å². The molecule has 0 N–H and O–H groups in total. The fraction of sp³-hybridized carbons (Fsp3) is 0.107. The summed E-state index contributed by atoms with van der Waals surface area (Å²) >= 11 is 1.59. The molecule has 0 aliphatic carbocycles. The minimum absolute atomic E-state index is 0.545.